The molecule has 0 atom stereocenters. The second-order valence-corrected chi connectivity index (χ2v) is 6.54. The van der Waals surface area contributed by atoms with E-state index in [-0.39, 0.29) is 0 Å². The number of furan rings is 1. The summed E-state index contributed by atoms with van der Waals surface area (Å²) in [4.78, 5) is 4.83. The maximum Gasteiger partial charge on any atom is 0.118 e. The van der Waals surface area contributed by atoms with Crippen LogP contribution in [0.4, 0.5) is 0 Å². The van der Waals surface area contributed by atoms with E-state index >= 15 is 0 Å². The molecule has 0 unspecified atom stereocenters. The Bertz CT molecular complexity index is 396. The van der Waals surface area contributed by atoms with Crippen molar-refractivity contribution in [2.75, 3.05) is 40.3 Å². The standard InChI is InChI=1S/C17H31N3O/c1-4-7-18-11-16-10-17(21-14-16)13-20(3)12-15-5-8-19(2)9-6-15/h10,14-15,18H,4-9,11-13H2,1-3H3. The fraction of sp³-hybridized carbons (Fsp3) is 0.765. The second kappa shape index (κ2) is 8.57. The van der Waals surface area contributed by atoms with Gasteiger partial charge >= 0.3 is 0 Å². The summed E-state index contributed by atoms with van der Waals surface area (Å²) in [6.07, 6.45) is 5.71. The van der Waals surface area contributed by atoms with Crippen molar-refractivity contribution < 1.29 is 4.42 Å². The van der Waals surface area contributed by atoms with Crippen LogP contribution in [0.1, 0.15) is 37.5 Å². The lowest BCUT2D eigenvalue weighted by molar-refractivity contribution is 0.168. The number of nitrogens with one attached hydrogen (secondary N) is 1. The highest BCUT2D eigenvalue weighted by atomic mass is 16.3. The molecule has 1 aliphatic heterocycles. The van der Waals surface area contributed by atoms with Crippen LogP contribution in [0.3, 0.4) is 0 Å². The lowest BCUT2D eigenvalue weighted by Crippen LogP contribution is -2.35. The summed E-state index contributed by atoms with van der Waals surface area (Å²) in [7, 11) is 4.42. The molecule has 0 bridgehead atoms. The Labute approximate surface area is 129 Å². The third kappa shape index (κ3) is 5.81. The zero-order valence-electron chi connectivity index (χ0n) is 13.9. The van der Waals surface area contributed by atoms with Gasteiger partial charge in [0.25, 0.3) is 0 Å². The highest BCUT2D eigenvalue weighted by Crippen LogP contribution is 2.18. The van der Waals surface area contributed by atoms with E-state index < -0.39 is 0 Å². The topological polar surface area (TPSA) is 31.7 Å². The Kier molecular flexibility index (Phi) is 6.74. The second-order valence-electron chi connectivity index (χ2n) is 6.54. The summed E-state index contributed by atoms with van der Waals surface area (Å²) in [6.45, 7) is 8.75. The molecule has 0 amide bonds. The number of hydrogen-bond acceptors (Lipinski definition) is 4. The van der Waals surface area contributed by atoms with E-state index in [9.17, 15) is 0 Å². The minimum Gasteiger partial charge on any atom is -0.468 e. The molecule has 0 spiro atoms. The fourth-order valence-electron chi connectivity index (χ4n) is 3.03. The van der Waals surface area contributed by atoms with E-state index in [0.29, 0.717) is 0 Å². The van der Waals surface area contributed by atoms with E-state index in [0.717, 1.165) is 31.3 Å². The SMILES string of the molecule is CCCNCc1coc(CN(C)CC2CCN(C)CC2)c1. The molecular weight excluding hydrogens is 262 g/mol. The molecule has 4 heteroatoms. The monoisotopic (exact) mass is 293 g/mol. The number of hydrogen-bond donors (Lipinski definition) is 1. The van der Waals surface area contributed by atoms with Crippen LogP contribution >= 0.6 is 0 Å². The van der Waals surface area contributed by atoms with E-state index in [1.54, 1.807) is 0 Å². The van der Waals surface area contributed by atoms with Crippen molar-refractivity contribution in [3.8, 4) is 0 Å². The van der Waals surface area contributed by atoms with Crippen LogP contribution in [0.5, 0.6) is 0 Å². The van der Waals surface area contributed by atoms with Gasteiger partial charge in [-0.2, -0.15) is 0 Å². The van der Waals surface area contributed by atoms with Gasteiger partial charge in [0.05, 0.1) is 12.8 Å². The van der Waals surface area contributed by atoms with Crippen molar-refractivity contribution in [2.24, 2.45) is 5.92 Å². The van der Waals surface area contributed by atoms with Gasteiger partial charge in [0.1, 0.15) is 5.76 Å². The molecule has 2 heterocycles. The van der Waals surface area contributed by atoms with Crippen molar-refractivity contribution >= 4 is 0 Å². The van der Waals surface area contributed by atoms with Gasteiger partial charge in [-0.25, -0.2) is 0 Å². The van der Waals surface area contributed by atoms with Gasteiger partial charge < -0.3 is 14.6 Å². The van der Waals surface area contributed by atoms with Crippen molar-refractivity contribution in [1.29, 1.82) is 0 Å². The van der Waals surface area contributed by atoms with Gasteiger partial charge in [0.2, 0.25) is 0 Å². The molecule has 0 saturated carbocycles. The molecule has 0 radical (unpaired) electrons. The highest BCUT2D eigenvalue weighted by Gasteiger charge is 2.18. The first-order valence-corrected chi connectivity index (χ1v) is 8.31. The first kappa shape index (κ1) is 16.5. The predicted octanol–water partition coefficient (Wildman–Crippen LogP) is 2.55. The first-order valence-electron chi connectivity index (χ1n) is 8.31. The van der Waals surface area contributed by atoms with Gasteiger partial charge in [-0.1, -0.05) is 6.92 Å². The average Bonchev–Trinajstić information content (AvgIpc) is 2.89. The third-order valence-electron chi connectivity index (χ3n) is 4.30. The molecule has 4 nitrogen and oxygen atoms in total. The highest BCUT2D eigenvalue weighted by molar-refractivity contribution is 5.12. The smallest absolute Gasteiger partial charge is 0.118 e. The normalized spacial score (nSPS) is 17.7. The number of piperidine rings is 1. The Hall–Kier alpha value is -0.840. The molecule has 120 valence electrons. The van der Waals surface area contributed by atoms with Gasteiger partial charge in [-0.3, -0.25) is 4.90 Å². The average molecular weight is 293 g/mol. The van der Waals surface area contributed by atoms with Crippen LogP contribution < -0.4 is 5.32 Å². The molecule has 1 aromatic rings. The molecule has 0 aliphatic carbocycles. The third-order valence-corrected chi connectivity index (χ3v) is 4.30. The van der Waals surface area contributed by atoms with E-state index in [4.69, 9.17) is 4.42 Å². The molecule has 1 aliphatic rings. The van der Waals surface area contributed by atoms with Gasteiger partial charge in [0.15, 0.2) is 0 Å². The largest absolute Gasteiger partial charge is 0.468 e. The maximum atomic E-state index is 5.68. The molecule has 0 aromatic carbocycles. The molecule has 1 aromatic heterocycles. The Morgan fingerprint density at radius 1 is 1.38 bits per heavy atom. The van der Waals surface area contributed by atoms with Gasteiger partial charge in [-0.05, 0) is 65.0 Å². The van der Waals surface area contributed by atoms with Gasteiger partial charge in [-0.15, -0.1) is 0 Å². The van der Waals surface area contributed by atoms with Gasteiger partial charge in [0, 0.05) is 18.7 Å². The summed E-state index contributed by atoms with van der Waals surface area (Å²) >= 11 is 0. The van der Waals surface area contributed by atoms with Crippen LogP contribution in [0.25, 0.3) is 0 Å². The number of nitrogens with zero attached hydrogens (tertiary/aromatic N) is 2. The molecule has 1 fully saturated rings. The van der Waals surface area contributed by atoms with Crippen molar-refractivity contribution in [3.63, 3.8) is 0 Å². The zero-order valence-corrected chi connectivity index (χ0v) is 13.9. The first-order chi connectivity index (χ1) is 10.2. The Morgan fingerprint density at radius 3 is 2.86 bits per heavy atom. The lowest BCUT2D eigenvalue weighted by Gasteiger charge is -2.31. The fourth-order valence-corrected chi connectivity index (χ4v) is 3.03. The lowest BCUT2D eigenvalue weighted by atomic mass is 9.97. The van der Waals surface area contributed by atoms with Crippen molar-refractivity contribution in [2.45, 2.75) is 39.3 Å². The van der Waals surface area contributed by atoms with Crippen molar-refractivity contribution in [3.05, 3.63) is 23.7 Å². The summed E-state index contributed by atoms with van der Waals surface area (Å²) in [5.74, 6) is 1.92. The molecule has 21 heavy (non-hydrogen) atoms. The summed E-state index contributed by atoms with van der Waals surface area (Å²) in [5, 5.41) is 3.41. The summed E-state index contributed by atoms with van der Waals surface area (Å²) < 4.78 is 5.68. The minimum atomic E-state index is 0.840. The summed E-state index contributed by atoms with van der Waals surface area (Å²) in [6, 6.07) is 2.19. The minimum absolute atomic E-state index is 0.840. The summed E-state index contributed by atoms with van der Waals surface area (Å²) in [5.41, 5.74) is 1.26. The van der Waals surface area contributed by atoms with Crippen LogP contribution in [0.2, 0.25) is 0 Å². The zero-order chi connectivity index (χ0) is 15.1. The number of rotatable bonds is 8. The molecule has 2 rings (SSSR count). The van der Waals surface area contributed by atoms with E-state index in [2.05, 4.69) is 42.2 Å². The van der Waals surface area contributed by atoms with E-state index in [1.807, 2.05) is 6.26 Å². The van der Waals surface area contributed by atoms with Crippen LogP contribution in [-0.4, -0.2) is 50.1 Å². The molecular formula is C17H31N3O. The molecule has 1 N–H and O–H groups in total. The Morgan fingerprint density at radius 2 is 2.14 bits per heavy atom. The van der Waals surface area contributed by atoms with Crippen LogP contribution in [0, 0.1) is 5.92 Å². The number of likely N-dealkylation sites (tertiary alicyclic amines) is 1. The predicted molar refractivity (Wildman–Crippen MR) is 87.3 cm³/mol. The maximum absolute atomic E-state index is 5.68. The van der Waals surface area contributed by atoms with Crippen LogP contribution in [0.15, 0.2) is 16.7 Å². The quantitative estimate of drug-likeness (QED) is 0.747. The van der Waals surface area contributed by atoms with E-state index in [1.165, 1.54) is 44.5 Å². The van der Waals surface area contributed by atoms with Crippen molar-refractivity contribution in [1.82, 2.24) is 15.1 Å². The van der Waals surface area contributed by atoms with Crippen LogP contribution in [-0.2, 0) is 13.1 Å². The molecule has 1 saturated heterocycles. The Balaban J connectivity index is 1.71.